The topological polar surface area (TPSA) is 69.9 Å². The molecule has 0 amide bonds. The van der Waals surface area contributed by atoms with Crippen LogP contribution in [-0.2, 0) is 0 Å². The molecule has 3 N–H and O–H groups in total. The molecule has 5 aromatic rings. The van der Waals surface area contributed by atoms with Gasteiger partial charge in [-0.25, -0.2) is 0 Å². The smallest absolute Gasteiger partial charge is 0.139 e. The largest absolute Gasteiger partial charge is 0.508 e. The van der Waals surface area contributed by atoms with E-state index >= 15 is 0 Å². The maximum Gasteiger partial charge on any atom is 0.139 e. The summed E-state index contributed by atoms with van der Waals surface area (Å²) in [5.74, 6) is 1.90. The summed E-state index contributed by atoms with van der Waals surface area (Å²) in [6.45, 7) is 3.81. The number of benzene rings is 5. The average Bonchev–Trinajstić information content (AvgIpc) is 2.80. The van der Waals surface area contributed by atoms with Crippen molar-refractivity contribution in [2.45, 2.75) is 19.8 Å². The van der Waals surface area contributed by atoms with E-state index in [1.54, 1.807) is 24.3 Å². The van der Waals surface area contributed by atoms with Crippen molar-refractivity contribution in [1.82, 2.24) is 0 Å². The quantitative estimate of drug-likeness (QED) is 0.260. The zero-order valence-electron chi connectivity index (χ0n) is 18.3. The zero-order valence-corrected chi connectivity index (χ0v) is 18.3. The molecule has 0 radical (unpaired) electrons. The Balaban J connectivity index is 1.72. The molecule has 0 aliphatic carbocycles. The number of phenolic OH excluding ortho intramolecular Hbond substituents is 3. The molecule has 0 saturated carbocycles. The van der Waals surface area contributed by atoms with Gasteiger partial charge >= 0.3 is 0 Å². The van der Waals surface area contributed by atoms with Crippen molar-refractivity contribution in [3.05, 3.63) is 101 Å². The van der Waals surface area contributed by atoms with Crippen LogP contribution in [-0.4, -0.2) is 15.3 Å². The Hall–Kier alpha value is -4.18. The standard InChI is InChI=1S/C29H22O4/c1-15-11-19(12-16(2)27(15)32)26-22-9-5-17-3-7-20(30)13-24(17)28(22)33-29-23(26)10-6-18-4-8-21(31)14-25(18)29/h3-14,26,30-32H,1-2H3. The molecule has 1 aliphatic heterocycles. The molecule has 162 valence electrons. The lowest BCUT2D eigenvalue weighted by molar-refractivity contribution is 0.458. The van der Waals surface area contributed by atoms with Crippen molar-refractivity contribution in [3.63, 3.8) is 0 Å². The van der Waals surface area contributed by atoms with E-state index in [1.165, 1.54) is 0 Å². The maximum absolute atomic E-state index is 10.4. The summed E-state index contributed by atoms with van der Waals surface area (Å²) in [6.07, 6.45) is 0. The Bertz CT molecular complexity index is 1490. The molecule has 6 rings (SSSR count). The van der Waals surface area contributed by atoms with Crippen LogP contribution >= 0.6 is 0 Å². The Kier molecular flexibility index (Phi) is 4.08. The summed E-state index contributed by atoms with van der Waals surface area (Å²) in [5, 5.41) is 34.4. The van der Waals surface area contributed by atoms with E-state index in [0.717, 1.165) is 49.4 Å². The van der Waals surface area contributed by atoms with Crippen LogP contribution in [0.2, 0.25) is 0 Å². The van der Waals surface area contributed by atoms with Crippen LogP contribution < -0.4 is 4.74 Å². The molecule has 0 spiro atoms. The van der Waals surface area contributed by atoms with Gasteiger partial charge in [0.15, 0.2) is 0 Å². The van der Waals surface area contributed by atoms with Crippen LogP contribution in [0.4, 0.5) is 0 Å². The Morgan fingerprint density at radius 1 is 0.606 bits per heavy atom. The molecular formula is C29H22O4. The van der Waals surface area contributed by atoms with Crippen molar-refractivity contribution in [2.24, 2.45) is 0 Å². The van der Waals surface area contributed by atoms with Crippen molar-refractivity contribution in [3.8, 4) is 28.7 Å². The number of rotatable bonds is 1. The molecule has 0 unspecified atom stereocenters. The second-order valence-corrected chi connectivity index (χ2v) is 8.82. The van der Waals surface area contributed by atoms with E-state index in [0.29, 0.717) is 17.2 Å². The minimum Gasteiger partial charge on any atom is -0.508 e. The van der Waals surface area contributed by atoms with Gasteiger partial charge in [0.05, 0.1) is 0 Å². The number of ether oxygens (including phenoxy) is 1. The van der Waals surface area contributed by atoms with Gasteiger partial charge in [0.2, 0.25) is 0 Å². The van der Waals surface area contributed by atoms with Crippen molar-refractivity contribution in [2.75, 3.05) is 0 Å². The zero-order chi connectivity index (χ0) is 22.9. The van der Waals surface area contributed by atoms with Gasteiger partial charge in [0.1, 0.15) is 28.7 Å². The fourth-order valence-electron chi connectivity index (χ4n) is 5.06. The van der Waals surface area contributed by atoms with Crippen LogP contribution in [0.15, 0.2) is 72.8 Å². The monoisotopic (exact) mass is 434 g/mol. The fraction of sp³-hybridized carbons (Fsp3) is 0.103. The minimum absolute atomic E-state index is 0.139. The highest BCUT2D eigenvalue weighted by molar-refractivity contribution is 5.96. The molecule has 0 aromatic heterocycles. The molecule has 1 heterocycles. The highest BCUT2D eigenvalue weighted by Gasteiger charge is 2.32. The fourth-order valence-corrected chi connectivity index (χ4v) is 5.06. The molecule has 0 saturated heterocycles. The second-order valence-electron chi connectivity index (χ2n) is 8.82. The third-order valence-corrected chi connectivity index (χ3v) is 6.65. The number of aromatic hydroxyl groups is 3. The molecule has 33 heavy (non-hydrogen) atoms. The first-order valence-electron chi connectivity index (χ1n) is 10.9. The van der Waals surface area contributed by atoms with Gasteiger partial charge in [0, 0.05) is 27.8 Å². The predicted octanol–water partition coefficient (Wildman–Crippen LogP) is 7.01. The van der Waals surface area contributed by atoms with Gasteiger partial charge in [-0.15, -0.1) is 0 Å². The third kappa shape index (κ3) is 2.91. The van der Waals surface area contributed by atoms with Crippen LogP contribution in [0.25, 0.3) is 21.5 Å². The maximum atomic E-state index is 10.4. The van der Waals surface area contributed by atoms with Crippen molar-refractivity contribution < 1.29 is 20.1 Å². The molecule has 4 heteroatoms. The lowest BCUT2D eigenvalue weighted by Crippen LogP contribution is -2.13. The second kappa shape index (κ2) is 6.91. The number of phenols is 3. The third-order valence-electron chi connectivity index (χ3n) is 6.65. The first-order chi connectivity index (χ1) is 15.9. The van der Waals surface area contributed by atoms with E-state index in [4.69, 9.17) is 4.74 Å². The van der Waals surface area contributed by atoms with Crippen molar-refractivity contribution >= 4 is 21.5 Å². The Morgan fingerprint density at radius 2 is 1.06 bits per heavy atom. The van der Waals surface area contributed by atoms with Gasteiger partial charge in [-0.1, -0.05) is 48.5 Å². The van der Waals surface area contributed by atoms with Gasteiger partial charge in [-0.2, -0.15) is 0 Å². The normalized spacial score (nSPS) is 13.0. The van der Waals surface area contributed by atoms with Gasteiger partial charge < -0.3 is 20.1 Å². The van der Waals surface area contributed by atoms with Crippen LogP contribution in [0, 0.1) is 13.8 Å². The number of hydrogen-bond acceptors (Lipinski definition) is 4. The Labute approximate surface area is 190 Å². The first kappa shape index (κ1) is 19.5. The van der Waals surface area contributed by atoms with E-state index in [1.807, 2.05) is 50.2 Å². The number of fused-ring (bicyclic) bond motifs is 6. The SMILES string of the molecule is Cc1cc(C2c3ccc4ccc(O)cc4c3Oc3c2ccc2ccc(O)cc32)cc(C)c1O. The van der Waals surface area contributed by atoms with E-state index < -0.39 is 0 Å². The summed E-state index contributed by atoms with van der Waals surface area (Å²) in [4.78, 5) is 0. The minimum atomic E-state index is -0.139. The lowest BCUT2D eigenvalue weighted by atomic mass is 9.80. The summed E-state index contributed by atoms with van der Waals surface area (Å²) in [7, 11) is 0. The summed E-state index contributed by atoms with van der Waals surface area (Å²) < 4.78 is 6.58. The molecule has 4 nitrogen and oxygen atoms in total. The molecule has 0 atom stereocenters. The average molecular weight is 434 g/mol. The predicted molar refractivity (Wildman–Crippen MR) is 130 cm³/mol. The molecule has 5 aromatic carbocycles. The molecule has 0 fully saturated rings. The van der Waals surface area contributed by atoms with Crippen LogP contribution in [0.5, 0.6) is 28.7 Å². The number of aryl methyl sites for hydroxylation is 2. The molecular weight excluding hydrogens is 412 g/mol. The molecule has 0 bridgehead atoms. The summed E-state index contributed by atoms with van der Waals surface area (Å²) in [6, 6.07) is 22.8. The van der Waals surface area contributed by atoms with Gasteiger partial charge in [-0.05, 0) is 65.6 Å². The van der Waals surface area contributed by atoms with Crippen LogP contribution in [0.1, 0.15) is 33.7 Å². The van der Waals surface area contributed by atoms with E-state index in [2.05, 4.69) is 12.1 Å². The van der Waals surface area contributed by atoms with E-state index in [9.17, 15) is 15.3 Å². The first-order valence-corrected chi connectivity index (χ1v) is 10.9. The Morgan fingerprint density at radius 3 is 1.55 bits per heavy atom. The highest BCUT2D eigenvalue weighted by atomic mass is 16.5. The molecule has 1 aliphatic rings. The van der Waals surface area contributed by atoms with Crippen LogP contribution in [0.3, 0.4) is 0 Å². The van der Waals surface area contributed by atoms with E-state index in [-0.39, 0.29) is 17.4 Å². The van der Waals surface area contributed by atoms with Crippen molar-refractivity contribution in [1.29, 1.82) is 0 Å². The van der Waals surface area contributed by atoms with Gasteiger partial charge in [0.25, 0.3) is 0 Å². The summed E-state index contributed by atoms with van der Waals surface area (Å²) in [5.41, 5.74) is 4.66. The van der Waals surface area contributed by atoms with Gasteiger partial charge in [-0.3, -0.25) is 0 Å². The lowest BCUT2D eigenvalue weighted by Gasteiger charge is -2.31. The number of hydrogen-bond donors (Lipinski definition) is 3. The highest BCUT2D eigenvalue weighted by Crippen LogP contribution is 2.53. The summed E-state index contributed by atoms with van der Waals surface area (Å²) >= 11 is 0.